The van der Waals surface area contributed by atoms with E-state index in [1.807, 2.05) is 18.2 Å². The van der Waals surface area contributed by atoms with Crippen LogP contribution in [0, 0.1) is 11.7 Å². The van der Waals surface area contributed by atoms with E-state index in [1.165, 1.54) is 12.1 Å². The van der Waals surface area contributed by atoms with Crippen LogP contribution in [-0.2, 0) is 11.4 Å². The number of halogens is 2. The van der Waals surface area contributed by atoms with Crippen molar-refractivity contribution in [3.05, 3.63) is 59.9 Å². The van der Waals surface area contributed by atoms with Gasteiger partial charge in [-0.25, -0.2) is 4.39 Å². The van der Waals surface area contributed by atoms with Crippen LogP contribution in [-0.4, -0.2) is 19.0 Å². The first-order valence-corrected chi connectivity index (χ1v) is 8.19. The molecule has 0 bridgehead atoms. The van der Waals surface area contributed by atoms with Gasteiger partial charge in [0.2, 0.25) is 5.91 Å². The van der Waals surface area contributed by atoms with Crippen LogP contribution in [0.25, 0.3) is 0 Å². The van der Waals surface area contributed by atoms with Gasteiger partial charge in [0.15, 0.2) is 0 Å². The molecule has 1 unspecified atom stereocenters. The molecule has 1 amide bonds. The highest BCUT2D eigenvalue weighted by molar-refractivity contribution is 5.92. The summed E-state index contributed by atoms with van der Waals surface area (Å²) in [5.41, 5.74) is 1.61. The topological polar surface area (TPSA) is 50.4 Å². The first-order valence-electron chi connectivity index (χ1n) is 8.19. The Labute approximate surface area is 153 Å². The summed E-state index contributed by atoms with van der Waals surface area (Å²) >= 11 is 0. The van der Waals surface area contributed by atoms with E-state index < -0.39 is 0 Å². The molecule has 4 nitrogen and oxygen atoms in total. The Morgan fingerprint density at radius 3 is 2.76 bits per heavy atom. The average Bonchev–Trinajstić information content (AvgIpc) is 2.62. The first kappa shape index (κ1) is 19.2. The number of hydrogen-bond acceptors (Lipinski definition) is 3. The number of amides is 1. The van der Waals surface area contributed by atoms with Crippen LogP contribution in [0.5, 0.6) is 5.75 Å². The SMILES string of the molecule is Cl.O=C(Nc1cccc(OCc2ccc(F)cc2)c1)C1CCCNC1. The number of carbonyl (C=O) groups excluding carboxylic acids is 1. The van der Waals surface area contributed by atoms with Crippen LogP contribution in [0.1, 0.15) is 18.4 Å². The van der Waals surface area contributed by atoms with E-state index in [1.54, 1.807) is 18.2 Å². The molecule has 1 saturated heterocycles. The van der Waals surface area contributed by atoms with Gasteiger partial charge in [0.25, 0.3) is 0 Å². The highest BCUT2D eigenvalue weighted by Gasteiger charge is 2.20. The van der Waals surface area contributed by atoms with Crippen LogP contribution < -0.4 is 15.4 Å². The smallest absolute Gasteiger partial charge is 0.228 e. The van der Waals surface area contributed by atoms with E-state index in [-0.39, 0.29) is 30.0 Å². The van der Waals surface area contributed by atoms with Crippen molar-refractivity contribution in [1.29, 1.82) is 0 Å². The molecular formula is C19H22ClFN2O2. The molecular weight excluding hydrogens is 343 g/mol. The van der Waals surface area contributed by atoms with Gasteiger partial charge in [0.05, 0.1) is 5.92 Å². The van der Waals surface area contributed by atoms with Crippen LogP contribution in [0.15, 0.2) is 48.5 Å². The zero-order chi connectivity index (χ0) is 16.8. The summed E-state index contributed by atoms with van der Waals surface area (Å²) in [7, 11) is 0. The highest BCUT2D eigenvalue weighted by atomic mass is 35.5. The molecule has 25 heavy (non-hydrogen) atoms. The summed E-state index contributed by atoms with van der Waals surface area (Å²) in [4.78, 5) is 12.3. The zero-order valence-electron chi connectivity index (χ0n) is 13.8. The molecule has 0 aromatic heterocycles. The molecule has 1 aliphatic heterocycles. The second-order valence-corrected chi connectivity index (χ2v) is 5.98. The van der Waals surface area contributed by atoms with Crippen LogP contribution in [0.4, 0.5) is 10.1 Å². The molecule has 1 heterocycles. The number of carbonyl (C=O) groups is 1. The quantitative estimate of drug-likeness (QED) is 0.849. The lowest BCUT2D eigenvalue weighted by Crippen LogP contribution is -2.37. The van der Waals surface area contributed by atoms with Crippen molar-refractivity contribution in [2.75, 3.05) is 18.4 Å². The normalized spacial score (nSPS) is 16.6. The molecule has 0 radical (unpaired) electrons. The molecule has 1 fully saturated rings. The molecule has 1 aliphatic rings. The van der Waals surface area contributed by atoms with Gasteiger partial charge in [0, 0.05) is 18.3 Å². The molecule has 2 N–H and O–H groups in total. The predicted octanol–water partition coefficient (Wildman–Crippen LogP) is 3.76. The second-order valence-electron chi connectivity index (χ2n) is 5.98. The Morgan fingerprint density at radius 1 is 1.24 bits per heavy atom. The Balaban J connectivity index is 0.00000225. The van der Waals surface area contributed by atoms with Gasteiger partial charge in [-0.1, -0.05) is 18.2 Å². The molecule has 0 saturated carbocycles. The van der Waals surface area contributed by atoms with Gasteiger partial charge in [-0.2, -0.15) is 0 Å². The van der Waals surface area contributed by atoms with E-state index in [0.717, 1.165) is 37.2 Å². The van der Waals surface area contributed by atoms with Crippen molar-refractivity contribution in [2.45, 2.75) is 19.4 Å². The van der Waals surface area contributed by atoms with Crippen molar-refractivity contribution in [3.63, 3.8) is 0 Å². The number of anilines is 1. The van der Waals surface area contributed by atoms with E-state index >= 15 is 0 Å². The summed E-state index contributed by atoms with van der Waals surface area (Å²) in [5, 5.41) is 6.19. The summed E-state index contributed by atoms with van der Waals surface area (Å²) in [6.45, 7) is 2.06. The molecule has 6 heteroatoms. The molecule has 2 aromatic carbocycles. The minimum Gasteiger partial charge on any atom is -0.489 e. The predicted molar refractivity (Wildman–Crippen MR) is 98.6 cm³/mol. The summed E-state index contributed by atoms with van der Waals surface area (Å²) in [6, 6.07) is 13.5. The number of benzene rings is 2. The van der Waals surface area contributed by atoms with Gasteiger partial charge in [0.1, 0.15) is 18.2 Å². The minimum atomic E-state index is -0.263. The maximum Gasteiger partial charge on any atom is 0.228 e. The van der Waals surface area contributed by atoms with E-state index in [4.69, 9.17) is 4.74 Å². The third-order valence-corrected chi connectivity index (χ3v) is 4.09. The van der Waals surface area contributed by atoms with E-state index in [2.05, 4.69) is 10.6 Å². The summed E-state index contributed by atoms with van der Waals surface area (Å²) < 4.78 is 18.6. The number of piperidine rings is 1. The highest BCUT2D eigenvalue weighted by Crippen LogP contribution is 2.20. The Bertz CT molecular complexity index is 688. The maximum atomic E-state index is 12.9. The Hall–Kier alpha value is -2.11. The number of hydrogen-bond donors (Lipinski definition) is 2. The van der Waals surface area contributed by atoms with Crippen LogP contribution in [0.2, 0.25) is 0 Å². The number of rotatable bonds is 5. The standard InChI is InChI=1S/C19H21FN2O2.ClH/c20-16-8-6-14(7-9-16)13-24-18-5-1-4-17(11-18)22-19(23)15-3-2-10-21-12-15;/h1,4-9,11,15,21H,2-3,10,12-13H2,(H,22,23);1H. The lowest BCUT2D eigenvalue weighted by molar-refractivity contribution is -0.120. The molecule has 2 aromatic rings. The fourth-order valence-electron chi connectivity index (χ4n) is 2.73. The second kappa shape index (κ2) is 9.39. The molecule has 134 valence electrons. The van der Waals surface area contributed by atoms with Crippen LogP contribution in [0.3, 0.4) is 0 Å². The fourth-order valence-corrected chi connectivity index (χ4v) is 2.73. The monoisotopic (exact) mass is 364 g/mol. The minimum absolute atomic E-state index is 0. The van der Waals surface area contributed by atoms with Gasteiger partial charge in [-0.15, -0.1) is 12.4 Å². The Morgan fingerprint density at radius 2 is 2.04 bits per heavy atom. The van der Waals surface area contributed by atoms with Crippen molar-refractivity contribution >= 4 is 24.0 Å². The third-order valence-electron chi connectivity index (χ3n) is 4.09. The van der Waals surface area contributed by atoms with Gasteiger partial charge >= 0.3 is 0 Å². The third kappa shape index (κ3) is 5.73. The van der Waals surface area contributed by atoms with Crippen molar-refractivity contribution in [3.8, 4) is 5.75 Å². The first-order chi connectivity index (χ1) is 11.7. The van der Waals surface area contributed by atoms with E-state index in [9.17, 15) is 9.18 Å². The van der Waals surface area contributed by atoms with Crippen molar-refractivity contribution < 1.29 is 13.9 Å². The molecule has 1 atom stereocenters. The van der Waals surface area contributed by atoms with Crippen molar-refractivity contribution in [2.24, 2.45) is 5.92 Å². The molecule has 0 spiro atoms. The van der Waals surface area contributed by atoms with Gasteiger partial charge in [-0.05, 0) is 49.2 Å². The fraction of sp³-hybridized carbons (Fsp3) is 0.316. The largest absolute Gasteiger partial charge is 0.489 e. The van der Waals surface area contributed by atoms with Crippen molar-refractivity contribution in [1.82, 2.24) is 5.32 Å². The number of nitrogens with one attached hydrogen (secondary N) is 2. The lowest BCUT2D eigenvalue weighted by Gasteiger charge is -2.22. The lowest BCUT2D eigenvalue weighted by atomic mass is 9.99. The number of ether oxygens (including phenoxy) is 1. The zero-order valence-corrected chi connectivity index (χ0v) is 14.7. The molecule has 0 aliphatic carbocycles. The maximum absolute atomic E-state index is 12.9. The summed E-state index contributed by atoms with van der Waals surface area (Å²) in [5.74, 6) is 0.458. The summed E-state index contributed by atoms with van der Waals surface area (Å²) in [6.07, 6.45) is 1.94. The van der Waals surface area contributed by atoms with Gasteiger partial charge in [-0.3, -0.25) is 4.79 Å². The van der Waals surface area contributed by atoms with E-state index in [0.29, 0.717) is 12.4 Å². The Kier molecular flexibility index (Phi) is 7.22. The average molecular weight is 365 g/mol. The molecule has 3 rings (SSSR count). The van der Waals surface area contributed by atoms with Gasteiger partial charge < -0.3 is 15.4 Å². The van der Waals surface area contributed by atoms with Crippen LogP contribution >= 0.6 is 12.4 Å².